The second-order valence-corrected chi connectivity index (χ2v) is 15.8. The fourth-order valence-electron chi connectivity index (χ4n) is 6.42. The number of nitrogens with one attached hydrogen (secondary N) is 1. The number of aryl methyl sites for hydroxylation is 1. The first-order valence-corrected chi connectivity index (χ1v) is 18.8. The Morgan fingerprint density at radius 2 is 1.53 bits per heavy atom. The molecule has 1 amide bonds. The van der Waals surface area contributed by atoms with E-state index in [9.17, 15) is 36.7 Å². The van der Waals surface area contributed by atoms with E-state index in [4.69, 9.17) is 4.74 Å². The maximum absolute atomic E-state index is 14.0. The number of hydrogen-bond acceptors (Lipinski definition) is 8. The largest absolute Gasteiger partial charge is 0.453 e. The van der Waals surface area contributed by atoms with Crippen LogP contribution in [-0.4, -0.2) is 67.7 Å². The Balaban J connectivity index is 1.39. The SMILES string of the molecule is COC(=O)N[C@H](C(=O)CCc1ccc([C@@H](CO)N(CC2CC(F)(F)C2)S(=O)(=O)c2ccc(C(C)=O)cc2)s1)C(c1ccccc1)c1ccccc1. The first kappa shape index (κ1) is 37.9. The van der Waals surface area contributed by atoms with E-state index in [1.165, 1.54) is 49.6 Å². The molecule has 2 atom stereocenters. The van der Waals surface area contributed by atoms with Crippen LogP contribution in [0.4, 0.5) is 13.6 Å². The number of ketones is 2. The molecule has 9 nitrogen and oxygen atoms in total. The van der Waals surface area contributed by atoms with Gasteiger partial charge in [0.2, 0.25) is 15.9 Å². The highest BCUT2D eigenvalue weighted by molar-refractivity contribution is 7.89. The Morgan fingerprint density at radius 1 is 0.941 bits per heavy atom. The topological polar surface area (TPSA) is 130 Å². The zero-order chi connectivity index (χ0) is 36.8. The monoisotopic (exact) mass is 738 g/mol. The van der Waals surface area contributed by atoms with Gasteiger partial charge in [0.05, 0.1) is 24.7 Å². The number of rotatable bonds is 16. The van der Waals surface area contributed by atoms with Crippen molar-refractivity contribution in [3.63, 3.8) is 0 Å². The van der Waals surface area contributed by atoms with Gasteiger partial charge in [0.1, 0.15) is 6.04 Å². The smallest absolute Gasteiger partial charge is 0.407 e. The van der Waals surface area contributed by atoms with E-state index in [1.807, 2.05) is 60.7 Å². The van der Waals surface area contributed by atoms with Crippen molar-refractivity contribution < 1.29 is 41.4 Å². The molecular weight excluding hydrogens is 699 g/mol. The predicted octanol–water partition coefficient (Wildman–Crippen LogP) is 6.78. The maximum Gasteiger partial charge on any atom is 0.407 e. The lowest BCUT2D eigenvalue weighted by molar-refractivity contribution is -0.121. The van der Waals surface area contributed by atoms with E-state index in [2.05, 4.69) is 5.32 Å². The highest BCUT2D eigenvalue weighted by Gasteiger charge is 2.48. The fraction of sp³-hybridized carbons (Fsp3) is 0.342. The first-order valence-electron chi connectivity index (χ1n) is 16.5. The molecule has 0 radical (unpaired) electrons. The molecule has 1 fully saturated rings. The number of carbonyl (C=O) groups is 3. The third-order valence-electron chi connectivity index (χ3n) is 9.09. The number of ether oxygens (including phenoxy) is 1. The number of aliphatic hydroxyl groups excluding tert-OH is 1. The number of alkyl halides is 2. The number of thiophene rings is 1. The summed E-state index contributed by atoms with van der Waals surface area (Å²) < 4.78 is 61.6. The lowest BCUT2D eigenvalue weighted by atomic mass is 9.81. The zero-order valence-corrected chi connectivity index (χ0v) is 29.8. The number of aliphatic hydroxyl groups is 1. The molecule has 0 unspecified atom stereocenters. The molecule has 0 saturated heterocycles. The minimum absolute atomic E-state index is 0.0240. The average molecular weight is 739 g/mol. The van der Waals surface area contributed by atoms with Gasteiger partial charge in [0, 0.05) is 47.0 Å². The molecule has 1 saturated carbocycles. The van der Waals surface area contributed by atoms with Gasteiger partial charge in [-0.05, 0) is 54.7 Å². The van der Waals surface area contributed by atoms with Crippen molar-refractivity contribution in [2.75, 3.05) is 20.3 Å². The molecule has 5 rings (SSSR count). The molecule has 1 heterocycles. The summed E-state index contributed by atoms with van der Waals surface area (Å²) in [5, 5.41) is 13.3. The Kier molecular flexibility index (Phi) is 12.2. The van der Waals surface area contributed by atoms with Crippen LogP contribution in [0.15, 0.2) is 102 Å². The second-order valence-electron chi connectivity index (χ2n) is 12.7. The van der Waals surface area contributed by atoms with Crippen LogP contribution in [0.25, 0.3) is 0 Å². The zero-order valence-electron chi connectivity index (χ0n) is 28.2. The minimum atomic E-state index is -4.30. The highest BCUT2D eigenvalue weighted by atomic mass is 32.2. The molecule has 1 aliphatic carbocycles. The number of Topliss-reactive ketones (excluding diaryl/α,β-unsaturated/α-hetero) is 2. The number of alkyl carbamates (subject to hydrolysis) is 1. The second kappa shape index (κ2) is 16.4. The molecule has 51 heavy (non-hydrogen) atoms. The van der Waals surface area contributed by atoms with Gasteiger partial charge in [-0.15, -0.1) is 11.3 Å². The molecule has 13 heteroatoms. The molecule has 270 valence electrons. The van der Waals surface area contributed by atoms with E-state index in [-0.39, 0.29) is 35.8 Å². The standard InChI is InChI=1S/C38H40F2N2O7S2/c1-25(44)27-13-17-31(18-14-27)51(47,48)42(23-26-21-38(39,40)22-26)32(24-43)34-20-16-30(50-34)15-19-33(45)36(41-37(46)49-2)35(28-9-5-3-6-10-28)29-11-7-4-8-12-29/h3-14,16-18,20,26,32,35-36,43H,15,19,21-24H2,1-2H3,(H,41,46)/t32-,36-/m1/s1. The third-order valence-corrected chi connectivity index (χ3v) is 12.2. The number of halogens is 2. The highest BCUT2D eigenvalue weighted by Crippen LogP contribution is 2.45. The van der Waals surface area contributed by atoms with Crippen LogP contribution in [0, 0.1) is 5.92 Å². The van der Waals surface area contributed by atoms with Crippen molar-refractivity contribution in [2.24, 2.45) is 5.92 Å². The Morgan fingerprint density at radius 3 is 2.04 bits per heavy atom. The number of nitrogens with zero attached hydrogens (tertiary/aromatic N) is 1. The number of sulfonamides is 1. The van der Waals surface area contributed by atoms with Crippen LogP contribution >= 0.6 is 11.3 Å². The lowest BCUT2D eigenvalue weighted by Gasteiger charge is -2.39. The van der Waals surface area contributed by atoms with Crippen molar-refractivity contribution in [2.45, 2.75) is 61.4 Å². The van der Waals surface area contributed by atoms with Gasteiger partial charge in [-0.3, -0.25) is 9.59 Å². The molecule has 0 spiro atoms. The van der Waals surface area contributed by atoms with Gasteiger partial charge in [-0.2, -0.15) is 4.31 Å². The molecule has 0 bridgehead atoms. The van der Waals surface area contributed by atoms with E-state index >= 15 is 0 Å². The van der Waals surface area contributed by atoms with E-state index < -0.39 is 65.4 Å². The predicted molar refractivity (Wildman–Crippen MR) is 190 cm³/mol. The number of methoxy groups -OCH3 is 1. The third kappa shape index (κ3) is 9.14. The van der Waals surface area contributed by atoms with E-state index in [0.29, 0.717) is 10.4 Å². The summed E-state index contributed by atoms with van der Waals surface area (Å²) in [6.07, 6.45) is -1.41. The molecular formula is C38H40F2N2O7S2. The summed E-state index contributed by atoms with van der Waals surface area (Å²) in [4.78, 5) is 39.3. The van der Waals surface area contributed by atoms with Crippen molar-refractivity contribution in [1.29, 1.82) is 0 Å². The minimum Gasteiger partial charge on any atom is -0.453 e. The Hall–Kier alpha value is -4.30. The molecule has 1 aliphatic rings. The summed E-state index contributed by atoms with van der Waals surface area (Å²) in [5.74, 6) is -4.50. The number of carbonyl (C=O) groups excluding carboxylic acids is 3. The first-order chi connectivity index (χ1) is 24.3. The van der Waals surface area contributed by atoms with Crippen LogP contribution in [0.2, 0.25) is 0 Å². The number of hydrogen-bond donors (Lipinski definition) is 2. The van der Waals surface area contributed by atoms with Crippen LogP contribution < -0.4 is 5.32 Å². The summed E-state index contributed by atoms with van der Waals surface area (Å²) in [6.45, 7) is 0.509. The molecule has 0 aliphatic heterocycles. The Bertz CT molecular complexity index is 1870. The quantitative estimate of drug-likeness (QED) is 0.121. The fourth-order valence-corrected chi connectivity index (χ4v) is 9.28. The van der Waals surface area contributed by atoms with Gasteiger partial charge in [-0.25, -0.2) is 22.0 Å². The van der Waals surface area contributed by atoms with Crippen molar-refractivity contribution in [3.8, 4) is 0 Å². The summed E-state index contributed by atoms with van der Waals surface area (Å²) in [5.41, 5.74) is 1.96. The van der Waals surface area contributed by atoms with Gasteiger partial charge >= 0.3 is 6.09 Å². The molecule has 3 aromatic carbocycles. The summed E-state index contributed by atoms with van der Waals surface area (Å²) >= 11 is 1.21. The van der Waals surface area contributed by atoms with E-state index in [0.717, 1.165) is 20.3 Å². The van der Waals surface area contributed by atoms with Crippen molar-refractivity contribution in [1.82, 2.24) is 9.62 Å². The van der Waals surface area contributed by atoms with E-state index in [1.54, 1.807) is 12.1 Å². The van der Waals surface area contributed by atoms with Gasteiger partial charge in [0.15, 0.2) is 11.6 Å². The molecule has 1 aromatic heterocycles. The van der Waals surface area contributed by atoms with Crippen LogP contribution in [0.3, 0.4) is 0 Å². The maximum atomic E-state index is 14.0. The molecule has 2 N–H and O–H groups in total. The number of amides is 1. The normalized spacial score (nSPS) is 15.6. The van der Waals surface area contributed by atoms with Gasteiger partial charge in [0.25, 0.3) is 0 Å². The number of benzene rings is 3. The molecule has 4 aromatic rings. The van der Waals surface area contributed by atoms with Gasteiger partial charge in [-0.1, -0.05) is 72.8 Å². The summed E-state index contributed by atoms with van der Waals surface area (Å²) in [6, 6.07) is 25.4. The van der Waals surface area contributed by atoms with Crippen molar-refractivity contribution in [3.05, 3.63) is 124 Å². The van der Waals surface area contributed by atoms with Gasteiger partial charge < -0.3 is 15.2 Å². The summed E-state index contributed by atoms with van der Waals surface area (Å²) in [7, 11) is -3.07. The van der Waals surface area contributed by atoms with Crippen LogP contribution in [-0.2, 0) is 26.0 Å². The Labute approximate surface area is 300 Å². The van der Waals surface area contributed by atoms with Crippen LogP contribution in [0.5, 0.6) is 0 Å². The lowest BCUT2D eigenvalue weighted by Crippen LogP contribution is -2.46. The van der Waals surface area contributed by atoms with Crippen LogP contribution in [0.1, 0.15) is 69.4 Å². The van der Waals surface area contributed by atoms with Crippen molar-refractivity contribution >= 4 is 39.0 Å². The average Bonchev–Trinajstić information content (AvgIpc) is 3.58.